The van der Waals surface area contributed by atoms with Crippen LogP contribution in [0.15, 0.2) is 78.5 Å². The summed E-state index contributed by atoms with van der Waals surface area (Å²) in [5.41, 5.74) is 7.14. The van der Waals surface area contributed by atoms with Gasteiger partial charge in [0.2, 0.25) is 0 Å². The number of oxime groups is 1. The Balaban J connectivity index is 2.23. The van der Waals surface area contributed by atoms with E-state index < -0.39 is 0 Å². The molecule has 2 aromatic carbocycles. The molecule has 0 amide bonds. The Labute approximate surface area is 173 Å². The molecule has 0 saturated heterocycles. The Kier molecular flexibility index (Phi) is 7.49. The third-order valence-electron chi connectivity index (χ3n) is 4.77. The zero-order chi connectivity index (χ0) is 21.6. The number of allylic oxidation sites excluding steroid dienone is 5. The van der Waals surface area contributed by atoms with Crippen LogP contribution in [0.5, 0.6) is 0 Å². The lowest BCUT2D eigenvalue weighted by molar-refractivity contribution is 0.299. The summed E-state index contributed by atoms with van der Waals surface area (Å²) in [6.45, 7) is 17.5. The fourth-order valence-electron chi connectivity index (χ4n) is 3.01. The molecule has 0 aliphatic carbocycles. The van der Waals surface area contributed by atoms with E-state index in [4.69, 9.17) is 4.84 Å². The number of hydrogen-bond acceptors (Lipinski definition) is 2. The summed E-state index contributed by atoms with van der Waals surface area (Å²) in [6.07, 6.45) is 5.95. The molecule has 3 heteroatoms. The van der Waals surface area contributed by atoms with Crippen molar-refractivity contribution in [3.8, 4) is 0 Å². The van der Waals surface area contributed by atoms with Crippen LogP contribution in [0.1, 0.15) is 48.6 Å². The number of nitrogens with zero attached hydrogens (tertiary/aromatic N) is 1. The van der Waals surface area contributed by atoms with Crippen molar-refractivity contribution >= 4 is 17.0 Å². The fraction of sp³-hybridized carbons (Fsp3) is 0.192. The van der Waals surface area contributed by atoms with Gasteiger partial charge in [0.15, 0.2) is 5.76 Å². The van der Waals surface area contributed by atoms with Crippen molar-refractivity contribution in [3.63, 3.8) is 0 Å². The number of aryl methyl sites for hydroxylation is 2. The first kappa shape index (κ1) is 22.1. The third kappa shape index (κ3) is 5.41. The summed E-state index contributed by atoms with van der Waals surface area (Å²) in [5.74, 6) is 0.169. The highest BCUT2D eigenvalue weighted by Gasteiger charge is 2.09. The van der Waals surface area contributed by atoms with Crippen LogP contribution in [-0.2, 0) is 4.84 Å². The smallest absolute Gasteiger partial charge is 0.158 e. The minimum absolute atomic E-state index is 0.263. The highest BCUT2D eigenvalue weighted by atomic mass is 19.1. The molecule has 0 radical (unpaired) electrons. The minimum atomic E-state index is -0.263. The fourth-order valence-corrected chi connectivity index (χ4v) is 3.01. The van der Waals surface area contributed by atoms with Crippen LogP contribution in [0.2, 0.25) is 0 Å². The maximum Gasteiger partial charge on any atom is 0.158 e. The molecule has 0 N–H and O–H groups in total. The van der Waals surface area contributed by atoms with E-state index in [1.54, 1.807) is 19.9 Å². The lowest BCUT2D eigenvalue weighted by Gasteiger charge is -2.12. The monoisotopic (exact) mass is 389 g/mol. The Bertz CT molecular complexity index is 1020. The van der Waals surface area contributed by atoms with Gasteiger partial charge < -0.3 is 4.84 Å². The van der Waals surface area contributed by atoms with Crippen LogP contribution in [0.3, 0.4) is 0 Å². The van der Waals surface area contributed by atoms with Crippen LogP contribution >= 0.6 is 0 Å². The van der Waals surface area contributed by atoms with Crippen LogP contribution in [0, 0.1) is 19.7 Å². The summed E-state index contributed by atoms with van der Waals surface area (Å²) in [5, 5.41) is 4.11. The van der Waals surface area contributed by atoms with Crippen LogP contribution in [-0.4, -0.2) is 5.71 Å². The zero-order valence-electron chi connectivity index (χ0n) is 17.8. The first-order chi connectivity index (χ1) is 13.8. The van der Waals surface area contributed by atoms with Gasteiger partial charge in [-0.2, -0.15) is 0 Å². The van der Waals surface area contributed by atoms with Gasteiger partial charge in [-0.25, -0.2) is 4.39 Å². The van der Waals surface area contributed by atoms with Crippen molar-refractivity contribution in [2.45, 2.75) is 34.6 Å². The van der Waals surface area contributed by atoms with Gasteiger partial charge >= 0.3 is 0 Å². The molecular weight excluding hydrogens is 361 g/mol. The number of benzene rings is 2. The molecule has 2 aromatic rings. The Hall–Kier alpha value is -3.20. The first-order valence-corrected chi connectivity index (χ1v) is 9.53. The van der Waals surface area contributed by atoms with Gasteiger partial charge in [0.25, 0.3) is 0 Å². The molecule has 150 valence electrons. The predicted molar refractivity (Wildman–Crippen MR) is 122 cm³/mol. The molecule has 0 spiro atoms. The molecule has 0 fully saturated rings. The normalized spacial score (nSPS) is 12.7. The minimum Gasteiger partial charge on any atom is -0.357 e. The topological polar surface area (TPSA) is 21.6 Å². The van der Waals surface area contributed by atoms with Crippen LogP contribution < -0.4 is 0 Å². The second kappa shape index (κ2) is 9.83. The molecule has 2 nitrogen and oxygen atoms in total. The molecule has 0 atom stereocenters. The van der Waals surface area contributed by atoms with Gasteiger partial charge in [-0.1, -0.05) is 60.8 Å². The van der Waals surface area contributed by atoms with Crippen LogP contribution in [0.4, 0.5) is 4.39 Å². The Morgan fingerprint density at radius 1 is 1.03 bits per heavy atom. The van der Waals surface area contributed by atoms with Gasteiger partial charge in [0.05, 0.1) is 5.71 Å². The second-order valence-corrected chi connectivity index (χ2v) is 6.99. The summed E-state index contributed by atoms with van der Waals surface area (Å²) >= 11 is 0. The van der Waals surface area contributed by atoms with Crippen molar-refractivity contribution < 1.29 is 9.23 Å². The molecule has 0 unspecified atom stereocenters. The molecular formula is C26H28FNO. The van der Waals surface area contributed by atoms with Gasteiger partial charge in [-0.3, -0.25) is 0 Å². The average Bonchev–Trinajstić information content (AvgIpc) is 2.69. The predicted octanol–water partition coefficient (Wildman–Crippen LogP) is 7.39. The van der Waals surface area contributed by atoms with Gasteiger partial charge in [-0.05, 0) is 74.6 Å². The summed E-state index contributed by atoms with van der Waals surface area (Å²) in [6, 6.07) is 11.0. The molecule has 2 rings (SSSR count). The molecule has 0 saturated carbocycles. The lowest BCUT2D eigenvalue weighted by Crippen LogP contribution is -1.98. The van der Waals surface area contributed by atoms with Crippen molar-refractivity contribution in [1.82, 2.24) is 0 Å². The summed E-state index contributed by atoms with van der Waals surface area (Å²) in [7, 11) is 0. The van der Waals surface area contributed by atoms with E-state index in [9.17, 15) is 4.39 Å². The lowest BCUT2D eigenvalue weighted by atomic mass is 9.94. The van der Waals surface area contributed by atoms with E-state index >= 15 is 0 Å². The van der Waals surface area contributed by atoms with E-state index in [-0.39, 0.29) is 5.82 Å². The van der Waals surface area contributed by atoms with E-state index in [2.05, 4.69) is 31.3 Å². The summed E-state index contributed by atoms with van der Waals surface area (Å²) in [4.78, 5) is 5.51. The standard InChI is InChI=1S/C26H28FNO/c1-8-10-17(3)24(9-2)25-14-13-23(15-19(25)5)21(7)29-28-20(6)22-12-11-18(4)26(27)16-22/h8-16H,2,7H2,1,3-6H3/b10-8-,24-17+,28-20+. The van der Waals surface area contributed by atoms with E-state index in [0.717, 1.165) is 27.8 Å². The molecule has 0 bridgehead atoms. The highest BCUT2D eigenvalue weighted by molar-refractivity contribution is 5.98. The molecule has 0 aliphatic rings. The SMILES string of the molecule is C=C/C(=C(C)\C=C/C)c1ccc(C(=C)O/N=C(\C)c2ccc(C)c(F)c2)cc1C. The summed E-state index contributed by atoms with van der Waals surface area (Å²) < 4.78 is 13.8. The zero-order valence-corrected chi connectivity index (χ0v) is 17.8. The van der Waals surface area contributed by atoms with Crippen molar-refractivity contribution in [2.75, 3.05) is 0 Å². The first-order valence-electron chi connectivity index (χ1n) is 9.53. The number of hydrogen-bond donors (Lipinski definition) is 0. The largest absolute Gasteiger partial charge is 0.357 e. The average molecular weight is 390 g/mol. The van der Waals surface area contributed by atoms with Gasteiger partial charge in [0, 0.05) is 11.1 Å². The quantitative estimate of drug-likeness (QED) is 0.209. The van der Waals surface area contributed by atoms with Crippen molar-refractivity contribution in [1.29, 1.82) is 0 Å². The van der Waals surface area contributed by atoms with E-state index in [1.807, 2.05) is 50.3 Å². The second-order valence-electron chi connectivity index (χ2n) is 6.99. The van der Waals surface area contributed by atoms with E-state index in [1.165, 1.54) is 6.07 Å². The maximum atomic E-state index is 13.8. The molecule has 29 heavy (non-hydrogen) atoms. The Morgan fingerprint density at radius 3 is 2.31 bits per heavy atom. The number of rotatable bonds is 7. The maximum absolute atomic E-state index is 13.8. The van der Waals surface area contributed by atoms with Crippen LogP contribution in [0.25, 0.3) is 11.3 Å². The van der Waals surface area contributed by atoms with Gasteiger partial charge in [-0.15, -0.1) is 0 Å². The van der Waals surface area contributed by atoms with E-state index in [0.29, 0.717) is 22.6 Å². The molecule has 0 aromatic heterocycles. The Morgan fingerprint density at radius 2 is 1.72 bits per heavy atom. The highest BCUT2D eigenvalue weighted by Crippen LogP contribution is 2.27. The van der Waals surface area contributed by atoms with Crippen molar-refractivity contribution in [2.24, 2.45) is 5.16 Å². The molecule has 0 aliphatic heterocycles. The number of halogens is 1. The molecule has 0 heterocycles. The van der Waals surface area contributed by atoms with Crippen molar-refractivity contribution in [3.05, 3.63) is 107 Å². The third-order valence-corrected chi connectivity index (χ3v) is 4.77. The van der Waals surface area contributed by atoms with Gasteiger partial charge in [0.1, 0.15) is 5.82 Å².